The molecule has 1 unspecified atom stereocenters. The molecule has 5 aliphatic carbocycles. The number of ether oxygens (including phenoxy) is 2. The molecular formula is C45H55N3O5. The van der Waals surface area contributed by atoms with E-state index in [4.69, 9.17) is 15.2 Å². The maximum absolute atomic E-state index is 15.5. The van der Waals surface area contributed by atoms with Gasteiger partial charge in [-0.2, -0.15) is 0 Å². The van der Waals surface area contributed by atoms with Gasteiger partial charge in [0.2, 0.25) is 0 Å². The number of esters is 2. The summed E-state index contributed by atoms with van der Waals surface area (Å²) in [5, 5.41) is 12.6. The molecule has 3 saturated heterocycles. The van der Waals surface area contributed by atoms with Crippen molar-refractivity contribution in [2.45, 2.75) is 96.6 Å². The Balaban J connectivity index is 1.22. The van der Waals surface area contributed by atoms with Gasteiger partial charge in [0.1, 0.15) is 11.2 Å². The van der Waals surface area contributed by atoms with Crippen molar-refractivity contribution in [3.8, 4) is 0 Å². The van der Waals surface area contributed by atoms with Crippen LogP contribution in [0.15, 0.2) is 64.3 Å². The van der Waals surface area contributed by atoms with E-state index in [0.29, 0.717) is 66.7 Å². The van der Waals surface area contributed by atoms with E-state index in [0.717, 1.165) is 75.8 Å². The van der Waals surface area contributed by atoms with Crippen LogP contribution < -0.4 is 5.73 Å². The van der Waals surface area contributed by atoms with Crippen molar-refractivity contribution in [1.82, 2.24) is 9.80 Å². The molecule has 8 aliphatic heterocycles. The zero-order chi connectivity index (χ0) is 36.2. The summed E-state index contributed by atoms with van der Waals surface area (Å²) in [6, 6.07) is 6.27. The number of nitrogens with two attached hydrogens (primary N) is 1. The number of carbonyl (C=O) groups excluding carboxylic acids is 2. The standard InChI is InChI=1S/C45H55N3O5/c1-24-9-11-30-19-32-25(2)10-12-34-38(32)31-13-14-43-40(35(49)17-26(3)47-20-27-18-28(21-47)23-48(34)22-27)52-42(51)44(43,39(30)31)36(16-24)45(43)33-8-4-6-29(7-5-15-46)37(33)41(50)53-45/h4,6,8,12,19,24-28,32,36,38,49H,5,7,9-11,13-18,20-23,46H2,1-3H3/b40-35+/t24-,25-,26-,27-,28+,32+,36-,38+,43+,44+,45+/m0/s1. The maximum atomic E-state index is 15.5. The molecule has 0 aromatic heterocycles. The third-order valence-corrected chi connectivity index (χ3v) is 16.4. The van der Waals surface area contributed by atoms with Crippen molar-refractivity contribution >= 4 is 11.9 Å². The number of carbonyl (C=O) groups is 2. The van der Waals surface area contributed by atoms with Crippen LogP contribution in [0.3, 0.4) is 0 Å². The third kappa shape index (κ3) is 3.86. The van der Waals surface area contributed by atoms with Crippen LogP contribution in [0, 0.1) is 52.3 Å². The summed E-state index contributed by atoms with van der Waals surface area (Å²) in [5.74, 6) is 2.33. The zero-order valence-corrected chi connectivity index (χ0v) is 31.7. The number of aliphatic hydroxyl groups excluding tert-OH is 1. The molecule has 8 heterocycles. The van der Waals surface area contributed by atoms with Crippen molar-refractivity contribution in [3.05, 3.63) is 81.0 Å². The van der Waals surface area contributed by atoms with Gasteiger partial charge in [-0.1, -0.05) is 49.8 Å². The van der Waals surface area contributed by atoms with Crippen LogP contribution in [0.5, 0.6) is 0 Å². The fraction of sp³-hybridized carbons (Fsp3) is 0.644. The van der Waals surface area contributed by atoms with Crippen LogP contribution in [-0.4, -0.2) is 65.6 Å². The van der Waals surface area contributed by atoms with E-state index in [1.165, 1.54) is 28.8 Å². The van der Waals surface area contributed by atoms with Crippen LogP contribution in [0.4, 0.5) is 0 Å². The van der Waals surface area contributed by atoms with Gasteiger partial charge in [-0.25, -0.2) is 4.79 Å². The average Bonchev–Trinajstić information content (AvgIpc) is 3.60. The monoisotopic (exact) mass is 717 g/mol. The molecule has 3 spiro atoms. The number of aliphatic hydroxyl groups is 1. The molecule has 3 N–H and O–H groups in total. The minimum Gasteiger partial charge on any atom is -0.509 e. The SMILES string of the molecule is C[C@H]1CCC2=C[C@H]3[C@@H]4C(=CC[C@@H]3C)N3C[C@H]5C[C@@H](C3)CN(C5)[C@@H](C)C/C(O)=C3\OC(=O)[C@@]56C2=C4CC[C@@]35[C@]2(OC(=O)c3c(CCCN)cccc32)[C@H]6C1. The van der Waals surface area contributed by atoms with Crippen molar-refractivity contribution in [2.75, 3.05) is 32.7 Å². The Hall–Kier alpha value is -3.36. The van der Waals surface area contributed by atoms with Gasteiger partial charge in [0.05, 0.1) is 11.0 Å². The second-order valence-corrected chi connectivity index (χ2v) is 19.0. The molecule has 12 atom stereocenters. The maximum Gasteiger partial charge on any atom is 0.339 e. The quantitative estimate of drug-likeness (QED) is 0.325. The summed E-state index contributed by atoms with van der Waals surface area (Å²) < 4.78 is 13.7. The van der Waals surface area contributed by atoms with E-state index in [1.807, 2.05) is 6.07 Å². The number of aryl methyl sites for hydroxylation is 1. The average molecular weight is 718 g/mol. The minimum atomic E-state index is -1.11. The normalized spacial score (nSPS) is 45.8. The molecule has 1 aromatic carbocycles. The van der Waals surface area contributed by atoms with Gasteiger partial charge in [0.25, 0.3) is 0 Å². The highest BCUT2D eigenvalue weighted by Crippen LogP contribution is 2.88. The Morgan fingerprint density at radius 3 is 2.64 bits per heavy atom. The number of piperidine rings is 2. The lowest BCUT2D eigenvalue weighted by molar-refractivity contribution is -0.279. The second-order valence-electron chi connectivity index (χ2n) is 19.0. The molecule has 10 bridgehead atoms. The van der Waals surface area contributed by atoms with Crippen LogP contribution in [-0.2, 0) is 26.3 Å². The third-order valence-electron chi connectivity index (χ3n) is 16.4. The first kappa shape index (κ1) is 33.0. The molecule has 53 heavy (non-hydrogen) atoms. The lowest BCUT2D eigenvalue weighted by Crippen LogP contribution is -2.77. The minimum absolute atomic E-state index is 0.0776. The van der Waals surface area contributed by atoms with E-state index < -0.39 is 16.4 Å². The van der Waals surface area contributed by atoms with Crippen LogP contribution >= 0.6 is 0 Å². The van der Waals surface area contributed by atoms with Gasteiger partial charge in [0.15, 0.2) is 11.4 Å². The van der Waals surface area contributed by atoms with E-state index in [9.17, 15) is 9.90 Å². The number of hydrogen-bond donors (Lipinski definition) is 2. The number of rotatable bonds is 3. The van der Waals surface area contributed by atoms with Gasteiger partial charge in [-0.15, -0.1) is 0 Å². The van der Waals surface area contributed by atoms with E-state index in [2.05, 4.69) is 54.9 Å². The summed E-state index contributed by atoms with van der Waals surface area (Å²) in [4.78, 5) is 35.3. The fourth-order valence-corrected chi connectivity index (χ4v) is 14.6. The Labute approximate surface area is 313 Å². The summed E-state index contributed by atoms with van der Waals surface area (Å²) in [6.45, 7) is 11.7. The lowest BCUT2D eigenvalue weighted by atomic mass is 9.28. The molecule has 5 fully saturated rings. The molecule has 14 rings (SSSR count). The topological polar surface area (TPSA) is 105 Å². The number of allylic oxidation sites excluding steroid dienone is 4. The first-order valence-electron chi connectivity index (χ1n) is 21.0. The smallest absolute Gasteiger partial charge is 0.339 e. The molecule has 1 aromatic rings. The number of nitrogens with zero attached hydrogens (tertiary/aromatic N) is 2. The summed E-state index contributed by atoms with van der Waals surface area (Å²) in [7, 11) is 0. The largest absolute Gasteiger partial charge is 0.509 e. The number of hydrogen-bond acceptors (Lipinski definition) is 8. The second kappa shape index (κ2) is 11.1. The molecule has 280 valence electrons. The fourth-order valence-electron chi connectivity index (χ4n) is 14.6. The molecular weight excluding hydrogens is 663 g/mol. The van der Waals surface area contributed by atoms with Gasteiger partial charge in [-0.3, -0.25) is 9.69 Å². The Kier molecular flexibility index (Phi) is 6.93. The highest BCUT2D eigenvalue weighted by Gasteiger charge is 2.93. The lowest BCUT2D eigenvalue weighted by Gasteiger charge is -2.72. The highest BCUT2D eigenvalue weighted by molar-refractivity contribution is 6.00. The van der Waals surface area contributed by atoms with Gasteiger partial charge in [0, 0.05) is 61.7 Å². The Bertz CT molecular complexity index is 1960. The van der Waals surface area contributed by atoms with Crippen molar-refractivity contribution in [3.63, 3.8) is 0 Å². The van der Waals surface area contributed by atoms with E-state index >= 15 is 4.79 Å². The summed E-state index contributed by atoms with van der Waals surface area (Å²) in [6.07, 6.45) is 13.5. The molecule has 0 amide bonds. The predicted octanol–water partition coefficient (Wildman–Crippen LogP) is 6.93. The van der Waals surface area contributed by atoms with Crippen LogP contribution in [0.2, 0.25) is 0 Å². The molecule has 8 heteroatoms. The Morgan fingerprint density at radius 1 is 1.04 bits per heavy atom. The van der Waals surface area contributed by atoms with Crippen molar-refractivity contribution in [2.24, 2.45) is 58.0 Å². The van der Waals surface area contributed by atoms with Crippen LogP contribution in [0.25, 0.3) is 0 Å². The zero-order valence-electron chi connectivity index (χ0n) is 31.7. The van der Waals surface area contributed by atoms with Crippen LogP contribution in [0.1, 0.15) is 100 Å². The number of fused-ring (bicyclic) bond motifs is 3. The Morgan fingerprint density at radius 2 is 1.85 bits per heavy atom. The van der Waals surface area contributed by atoms with Crippen molar-refractivity contribution in [1.29, 1.82) is 0 Å². The summed E-state index contributed by atoms with van der Waals surface area (Å²) >= 11 is 0. The first-order valence-corrected chi connectivity index (χ1v) is 21.0. The van der Waals surface area contributed by atoms with Crippen molar-refractivity contribution < 1.29 is 24.2 Å². The van der Waals surface area contributed by atoms with E-state index in [1.54, 1.807) is 0 Å². The molecule has 8 nitrogen and oxygen atoms in total. The molecule has 0 radical (unpaired) electrons. The van der Waals surface area contributed by atoms with Gasteiger partial charge < -0.3 is 25.2 Å². The summed E-state index contributed by atoms with van der Waals surface area (Å²) in [5.41, 5.74) is 10.8. The van der Waals surface area contributed by atoms with Gasteiger partial charge >= 0.3 is 11.9 Å². The first-order chi connectivity index (χ1) is 25.6. The molecule has 2 saturated carbocycles. The predicted molar refractivity (Wildman–Crippen MR) is 200 cm³/mol. The number of benzene rings is 1. The van der Waals surface area contributed by atoms with Gasteiger partial charge in [-0.05, 0) is 118 Å². The van der Waals surface area contributed by atoms with E-state index in [-0.39, 0.29) is 35.6 Å². The highest BCUT2D eigenvalue weighted by atomic mass is 16.6. The molecule has 13 aliphatic rings.